The number of carboxylic acid groups (broad SMARTS) is 1. The third-order valence-corrected chi connectivity index (χ3v) is 18.1. The van der Waals surface area contributed by atoms with Crippen LogP contribution >= 0.6 is 0 Å². The van der Waals surface area contributed by atoms with Crippen molar-refractivity contribution in [3.63, 3.8) is 0 Å². The van der Waals surface area contributed by atoms with Crippen LogP contribution in [0.25, 0.3) is 32.7 Å². The molecule has 83 heavy (non-hydrogen) atoms. The Morgan fingerprint density at radius 3 is 2.06 bits per heavy atom. The molecule has 13 rings (SSSR count). The average Bonchev–Trinajstić information content (AvgIpc) is 4.43. The molecule has 0 radical (unpaired) electrons. The number of carbonyl (C=O) groups excluding carboxylic acids is 4. The molecule has 7 aliphatic rings. The molecule has 0 bridgehead atoms. The van der Waals surface area contributed by atoms with E-state index in [1.165, 1.54) is 87.8 Å². The lowest BCUT2D eigenvalue weighted by molar-refractivity contribution is -0.545. The number of fused-ring (bicyclic) bond motifs is 12. The van der Waals surface area contributed by atoms with Gasteiger partial charge >= 0.3 is 17.9 Å². The summed E-state index contributed by atoms with van der Waals surface area (Å²) in [5.74, 6) is -0.690. The Morgan fingerprint density at radius 2 is 1.39 bits per heavy atom. The molecule has 2 saturated heterocycles. The van der Waals surface area contributed by atoms with Gasteiger partial charge in [0.2, 0.25) is 5.71 Å². The van der Waals surface area contributed by atoms with E-state index >= 15 is 0 Å². The number of H-pyrrole nitrogens is 3. The van der Waals surface area contributed by atoms with Gasteiger partial charge in [-0.2, -0.15) is 0 Å². The summed E-state index contributed by atoms with van der Waals surface area (Å²) in [7, 11) is 4.32. The number of nitrogens with one attached hydrogen (secondary N) is 3. The molecule has 17 nitrogen and oxygen atoms in total. The van der Waals surface area contributed by atoms with E-state index < -0.39 is 5.97 Å². The van der Waals surface area contributed by atoms with Crippen LogP contribution in [0.1, 0.15) is 94.4 Å². The van der Waals surface area contributed by atoms with Crippen LogP contribution in [0.5, 0.6) is 0 Å². The summed E-state index contributed by atoms with van der Waals surface area (Å²) in [6.07, 6.45) is 14.1. The number of benzene rings is 3. The number of aromatic nitrogens is 3. The average molecular weight is 1130 g/mol. The first kappa shape index (κ1) is 58.6. The van der Waals surface area contributed by atoms with Gasteiger partial charge in [-0.15, -0.1) is 0 Å². The number of nitrogens with zero attached hydrogens (tertiary/aromatic N) is 3. The molecule has 17 heteroatoms. The standard InChI is InChI=1S/C22H28N2O3.C21H22N2O3.C21H26N2O3.C2H4O2/c1-14(2)27-13-18(22(25)26-3)15-8-10-24-11-9-17-16-6-4-5-7-19(16)23-21(17)20(24)12-15;1-12-16-10-23-8-7-14-13-5-3-4-6-18(13)22-20(14)19(23)9-15(16)17(11-26-12)21(24)25-2;1-14-18-12-23(10-8-17(18)19(13-26-14)21(24)25-2)9-7-15-11-22-20-6-4-3-5-16(15)20;1-2(3)4/h4-7,13-15,20,23H,8-12H2,1-3H3;3-6,11-12,15-16H,7-10H2,1-2H3;3-6,11,13-14,17-18,22H,7-10,12H2,1-2H3;1H3,(H,3,4)/b18-13+;;;/t;12?,15-,16+;;/m.0../s1. The maximum atomic E-state index is 12.4. The van der Waals surface area contributed by atoms with Gasteiger partial charge in [-0.3, -0.25) is 4.90 Å². The van der Waals surface area contributed by atoms with Gasteiger partial charge in [0.05, 0.1) is 81.0 Å². The smallest absolute Gasteiger partial charge is 0.337 e. The first-order valence-electron chi connectivity index (χ1n) is 29.5. The fraction of sp³-hybridized carbons (Fsp3) is 0.470. The second-order valence-corrected chi connectivity index (χ2v) is 23.2. The van der Waals surface area contributed by atoms with E-state index in [1.54, 1.807) is 18.8 Å². The van der Waals surface area contributed by atoms with Gasteiger partial charge in [-0.05, 0) is 121 Å². The van der Waals surface area contributed by atoms with E-state index in [4.69, 9.17) is 38.3 Å². The highest BCUT2D eigenvalue weighted by Crippen LogP contribution is 2.44. The molecule has 3 N–H and O–H groups in total. The molecular weight excluding hydrogens is 1050 g/mol. The maximum absolute atomic E-state index is 12.4. The van der Waals surface area contributed by atoms with Crippen molar-refractivity contribution in [3.8, 4) is 0 Å². The van der Waals surface area contributed by atoms with E-state index in [2.05, 4.69) is 122 Å². The Morgan fingerprint density at radius 1 is 0.759 bits per heavy atom. The minimum Gasteiger partial charge on any atom is -0.550 e. The molecule has 0 aliphatic carbocycles. The quantitative estimate of drug-likeness (QED) is 0.0409. The molecule has 0 spiro atoms. The molecule has 2 fully saturated rings. The van der Waals surface area contributed by atoms with E-state index in [0.717, 1.165) is 97.7 Å². The fourth-order valence-corrected chi connectivity index (χ4v) is 13.9. The number of rotatable bonds is 9. The number of ether oxygens (including phenoxy) is 6. The van der Waals surface area contributed by atoms with Gasteiger partial charge in [0.25, 0.3) is 0 Å². The van der Waals surface area contributed by atoms with Crippen LogP contribution in [-0.2, 0) is 66.9 Å². The van der Waals surface area contributed by atoms with Crippen LogP contribution in [0.15, 0.2) is 114 Å². The van der Waals surface area contributed by atoms with Gasteiger partial charge in [0, 0.05) is 101 Å². The first-order chi connectivity index (χ1) is 40.1. The molecule has 8 atom stereocenters. The lowest BCUT2D eigenvalue weighted by Gasteiger charge is -2.43. The molecule has 0 amide bonds. The second-order valence-electron chi connectivity index (χ2n) is 23.2. The third-order valence-electron chi connectivity index (χ3n) is 18.1. The Hall–Kier alpha value is -7.63. The highest BCUT2D eigenvalue weighted by molar-refractivity contribution is 6.04. The normalized spacial score (nSPS) is 24.5. The van der Waals surface area contributed by atoms with Crippen LogP contribution in [-0.4, -0.2) is 144 Å². The van der Waals surface area contributed by atoms with Crippen molar-refractivity contribution in [3.05, 3.63) is 143 Å². The van der Waals surface area contributed by atoms with Gasteiger partial charge in [-0.1, -0.05) is 54.6 Å². The molecule has 10 heterocycles. The molecule has 3 aromatic carbocycles. The summed E-state index contributed by atoms with van der Waals surface area (Å²) in [6.45, 7) is 16.1. The zero-order valence-corrected chi connectivity index (χ0v) is 49.2. The number of carboxylic acids is 1. The Kier molecular flexibility index (Phi) is 18.3. The Balaban J connectivity index is 0.000000135. The number of aliphatic carboxylic acids is 1. The molecule has 440 valence electrons. The van der Waals surface area contributed by atoms with Gasteiger partial charge in [0.15, 0.2) is 0 Å². The van der Waals surface area contributed by atoms with E-state index in [1.807, 2.05) is 13.8 Å². The van der Waals surface area contributed by atoms with Crippen molar-refractivity contribution >= 4 is 62.3 Å². The van der Waals surface area contributed by atoms with Crippen molar-refractivity contribution in [1.82, 2.24) is 24.8 Å². The van der Waals surface area contributed by atoms with Crippen molar-refractivity contribution in [2.24, 2.45) is 29.6 Å². The van der Waals surface area contributed by atoms with Gasteiger partial charge < -0.3 is 58.2 Å². The summed E-state index contributed by atoms with van der Waals surface area (Å²) < 4.78 is 34.6. The number of para-hydroxylation sites is 3. The monoisotopic (exact) mass is 1130 g/mol. The SMILES string of the molecule is CC(=O)[O-].COC(=O)/C(=C/OC(C)C)C1CCN2CCc3c([nH]c4ccccc34)C2C1.COC(=O)C1=COC(C)C2CN(CCc3c[nH]c4ccccc34)CCC12.COC(=O)C1=COC(C)[C@H]2C[N+]3=C(C[C@H]12)c1[nH]c2ccccc2c1CC3. The number of likely N-dealkylation sites (tertiary alicyclic amines) is 1. The van der Waals surface area contributed by atoms with Crippen LogP contribution < -0.4 is 5.11 Å². The van der Waals surface area contributed by atoms with Gasteiger partial charge in [-0.25, -0.2) is 19.0 Å². The van der Waals surface area contributed by atoms with Crippen molar-refractivity contribution in [2.45, 2.75) is 104 Å². The highest BCUT2D eigenvalue weighted by Gasteiger charge is 2.48. The second kappa shape index (κ2) is 25.9. The lowest BCUT2D eigenvalue weighted by atomic mass is 9.74. The number of esters is 3. The van der Waals surface area contributed by atoms with Crippen LogP contribution in [0, 0.1) is 29.6 Å². The number of aromatic amines is 3. The minimum atomic E-state index is -1.08. The first-order valence-corrected chi connectivity index (χ1v) is 29.5. The van der Waals surface area contributed by atoms with Crippen LogP contribution in [0.3, 0.4) is 0 Å². The summed E-state index contributed by atoms with van der Waals surface area (Å²) in [6, 6.07) is 25.8. The van der Waals surface area contributed by atoms with Crippen molar-refractivity contribution < 1.29 is 57.3 Å². The Labute approximate surface area is 485 Å². The van der Waals surface area contributed by atoms with E-state index in [0.29, 0.717) is 34.6 Å². The number of hydrogen-bond donors (Lipinski definition) is 3. The highest BCUT2D eigenvalue weighted by atomic mass is 16.5. The zero-order valence-electron chi connectivity index (χ0n) is 49.2. The summed E-state index contributed by atoms with van der Waals surface area (Å²) in [4.78, 5) is 61.3. The number of hydrogen-bond acceptors (Lipinski definition) is 13. The molecule has 6 unspecified atom stereocenters. The van der Waals surface area contributed by atoms with Crippen molar-refractivity contribution in [2.75, 3.05) is 67.1 Å². The minimum absolute atomic E-state index is 0.0414. The van der Waals surface area contributed by atoms with Crippen molar-refractivity contribution in [1.29, 1.82) is 0 Å². The van der Waals surface area contributed by atoms with E-state index in [-0.39, 0.29) is 54.0 Å². The molecular formula is C66H80N6O11. The number of piperidine rings is 2. The fourth-order valence-electron chi connectivity index (χ4n) is 13.9. The molecule has 6 aromatic rings. The lowest BCUT2D eigenvalue weighted by Crippen LogP contribution is -2.48. The summed E-state index contributed by atoms with van der Waals surface area (Å²) in [5, 5.41) is 12.9. The van der Waals surface area contributed by atoms with Gasteiger partial charge in [0.1, 0.15) is 24.9 Å². The largest absolute Gasteiger partial charge is 0.550 e. The zero-order chi connectivity index (χ0) is 58.5. The van der Waals surface area contributed by atoms with Crippen LogP contribution in [0.2, 0.25) is 0 Å². The van der Waals surface area contributed by atoms with Crippen LogP contribution in [0.4, 0.5) is 0 Å². The molecule has 7 aliphatic heterocycles. The molecule has 3 aromatic heterocycles. The summed E-state index contributed by atoms with van der Waals surface area (Å²) >= 11 is 0. The summed E-state index contributed by atoms with van der Waals surface area (Å²) in [5.41, 5.74) is 13.7. The predicted octanol–water partition coefficient (Wildman–Crippen LogP) is 8.48. The Bertz CT molecular complexity index is 3470. The maximum Gasteiger partial charge on any atom is 0.337 e. The number of carbonyl (C=O) groups is 4. The predicted molar refractivity (Wildman–Crippen MR) is 315 cm³/mol. The number of methoxy groups -OCH3 is 3. The third kappa shape index (κ3) is 12.5. The topological polar surface area (TPSA) is 204 Å². The molecule has 0 saturated carbocycles. The van der Waals surface area contributed by atoms with E-state index in [9.17, 15) is 14.4 Å².